The Bertz CT molecular complexity index is 976. The Morgan fingerprint density at radius 2 is 1.97 bits per heavy atom. The number of hydrogen-bond acceptors (Lipinski definition) is 7. The predicted molar refractivity (Wildman–Crippen MR) is 101 cm³/mol. The SMILES string of the molecule is C[C@H](C(=O)OCc1nc(-c2cccc(Cl)c2)no1)N1C(=O)[C@H]2CC=CC[C@@H]2C1=O. The molecule has 0 spiro atoms. The highest BCUT2D eigenvalue weighted by Crippen LogP contribution is 2.36. The van der Waals surface area contributed by atoms with Crippen LogP contribution in [0, 0.1) is 11.8 Å². The van der Waals surface area contributed by atoms with Gasteiger partial charge in [0, 0.05) is 10.6 Å². The highest BCUT2D eigenvalue weighted by atomic mass is 35.5. The van der Waals surface area contributed by atoms with Gasteiger partial charge in [0.05, 0.1) is 11.8 Å². The number of esters is 1. The first-order valence-electron chi connectivity index (χ1n) is 9.23. The molecule has 0 unspecified atom stereocenters. The van der Waals surface area contributed by atoms with Crippen LogP contribution in [0.1, 0.15) is 25.7 Å². The Morgan fingerprint density at radius 1 is 1.28 bits per heavy atom. The van der Waals surface area contributed by atoms with Gasteiger partial charge in [-0.3, -0.25) is 14.5 Å². The molecule has 9 heteroatoms. The molecule has 150 valence electrons. The number of halogens is 1. The lowest BCUT2D eigenvalue weighted by Crippen LogP contribution is -2.44. The van der Waals surface area contributed by atoms with Crippen LogP contribution in [0.25, 0.3) is 11.4 Å². The third-order valence-corrected chi connectivity index (χ3v) is 5.39. The van der Waals surface area contributed by atoms with E-state index in [0.717, 1.165) is 4.90 Å². The minimum absolute atomic E-state index is 0.0949. The third-order valence-electron chi connectivity index (χ3n) is 5.16. The molecule has 1 aromatic heterocycles. The number of ether oxygens (including phenoxy) is 1. The normalized spacial score (nSPS) is 21.9. The number of allylic oxidation sites excluding steroid dienone is 2. The van der Waals surface area contributed by atoms with Crippen molar-refractivity contribution in [2.24, 2.45) is 11.8 Å². The van der Waals surface area contributed by atoms with Crippen molar-refractivity contribution < 1.29 is 23.6 Å². The number of benzene rings is 1. The molecule has 2 aromatic rings. The van der Waals surface area contributed by atoms with Crippen LogP contribution in [0.15, 0.2) is 40.9 Å². The maximum atomic E-state index is 12.6. The standard InChI is InChI=1S/C20H18ClN3O5/c1-11(24-18(25)14-7-2-3-8-15(14)19(24)26)20(27)28-10-16-22-17(23-29-16)12-5-4-6-13(21)9-12/h2-6,9,11,14-15H,7-8,10H2,1H3/t11-,14+,15+/m1/s1. The molecule has 2 amide bonds. The van der Waals surface area contributed by atoms with E-state index in [9.17, 15) is 14.4 Å². The van der Waals surface area contributed by atoms with Gasteiger partial charge in [0.25, 0.3) is 5.89 Å². The van der Waals surface area contributed by atoms with Gasteiger partial charge in [-0.15, -0.1) is 0 Å². The fourth-order valence-electron chi connectivity index (χ4n) is 3.62. The molecule has 8 nitrogen and oxygen atoms in total. The van der Waals surface area contributed by atoms with Crippen molar-refractivity contribution in [3.63, 3.8) is 0 Å². The highest BCUT2D eigenvalue weighted by molar-refractivity contribution is 6.30. The van der Waals surface area contributed by atoms with E-state index in [1.165, 1.54) is 6.92 Å². The number of nitrogens with zero attached hydrogens (tertiary/aromatic N) is 3. The number of imide groups is 1. The van der Waals surface area contributed by atoms with Gasteiger partial charge in [-0.1, -0.05) is 41.0 Å². The first-order chi connectivity index (χ1) is 14.0. The van der Waals surface area contributed by atoms with Crippen LogP contribution >= 0.6 is 11.6 Å². The quantitative estimate of drug-likeness (QED) is 0.420. The highest BCUT2D eigenvalue weighted by Gasteiger charge is 2.50. The van der Waals surface area contributed by atoms with Crippen molar-refractivity contribution in [1.29, 1.82) is 0 Å². The molecule has 0 radical (unpaired) electrons. The second-order valence-corrected chi connectivity index (χ2v) is 7.44. The van der Waals surface area contributed by atoms with Gasteiger partial charge in [-0.2, -0.15) is 4.98 Å². The molecule has 0 saturated carbocycles. The van der Waals surface area contributed by atoms with Crippen molar-refractivity contribution in [2.75, 3.05) is 0 Å². The molecule has 0 bridgehead atoms. The van der Waals surface area contributed by atoms with Crippen LogP contribution in [0.3, 0.4) is 0 Å². The van der Waals surface area contributed by atoms with Crippen molar-refractivity contribution >= 4 is 29.4 Å². The Morgan fingerprint density at radius 3 is 2.62 bits per heavy atom. The maximum Gasteiger partial charge on any atom is 0.329 e. The first kappa shape index (κ1) is 19.3. The number of amides is 2. The molecule has 1 fully saturated rings. The van der Waals surface area contributed by atoms with E-state index in [2.05, 4.69) is 10.1 Å². The fourth-order valence-corrected chi connectivity index (χ4v) is 3.82. The zero-order chi connectivity index (χ0) is 20.5. The Balaban J connectivity index is 1.39. The molecule has 1 aromatic carbocycles. The van der Waals surface area contributed by atoms with Crippen LogP contribution in [-0.4, -0.2) is 38.9 Å². The summed E-state index contributed by atoms with van der Waals surface area (Å²) < 4.78 is 10.3. The summed E-state index contributed by atoms with van der Waals surface area (Å²) in [6, 6.07) is 5.92. The lowest BCUT2D eigenvalue weighted by Gasteiger charge is -2.21. The van der Waals surface area contributed by atoms with Gasteiger partial charge in [0.2, 0.25) is 17.6 Å². The number of hydrogen-bond donors (Lipinski definition) is 0. The van der Waals surface area contributed by atoms with Gasteiger partial charge in [-0.05, 0) is 31.9 Å². The Hall–Kier alpha value is -3.00. The number of carbonyl (C=O) groups is 3. The van der Waals surface area contributed by atoms with Crippen LogP contribution < -0.4 is 0 Å². The molecular weight excluding hydrogens is 398 g/mol. The average Bonchev–Trinajstić information content (AvgIpc) is 3.29. The van der Waals surface area contributed by atoms with Gasteiger partial charge in [-0.25, -0.2) is 4.79 Å². The predicted octanol–water partition coefficient (Wildman–Crippen LogP) is 2.77. The summed E-state index contributed by atoms with van der Waals surface area (Å²) in [5.41, 5.74) is 0.664. The van der Waals surface area contributed by atoms with E-state index in [0.29, 0.717) is 29.3 Å². The summed E-state index contributed by atoms with van der Waals surface area (Å²) in [5.74, 6) is -1.73. The summed E-state index contributed by atoms with van der Waals surface area (Å²) in [7, 11) is 0. The maximum absolute atomic E-state index is 12.6. The van der Waals surface area contributed by atoms with Crippen LogP contribution in [0.2, 0.25) is 5.02 Å². The molecule has 1 aliphatic carbocycles. The third kappa shape index (κ3) is 3.67. The number of likely N-dealkylation sites (tertiary alicyclic amines) is 1. The summed E-state index contributed by atoms with van der Waals surface area (Å²) in [6.07, 6.45) is 4.82. The van der Waals surface area contributed by atoms with E-state index in [1.807, 2.05) is 12.2 Å². The van der Waals surface area contributed by atoms with Gasteiger partial charge in [0.1, 0.15) is 6.04 Å². The molecule has 1 saturated heterocycles. The second-order valence-electron chi connectivity index (χ2n) is 7.01. The molecule has 2 heterocycles. The van der Waals surface area contributed by atoms with E-state index < -0.39 is 12.0 Å². The topological polar surface area (TPSA) is 103 Å². The summed E-state index contributed by atoms with van der Waals surface area (Å²) in [5, 5.41) is 4.37. The smallest absolute Gasteiger partial charge is 0.329 e. The van der Waals surface area contributed by atoms with Gasteiger partial charge < -0.3 is 9.26 Å². The molecule has 0 N–H and O–H groups in total. The molecule has 1 aliphatic heterocycles. The molecule has 4 rings (SSSR count). The second kappa shape index (κ2) is 7.79. The zero-order valence-corrected chi connectivity index (χ0v) is 16.3. The first-order valence-corrected chi connectivity index (χ1v) is 9.60. The zero-order valence-electron chi connectivity index (χ0n) is 15.6. The van der Waals surface area contributed by atoms with Crippen molar-refractivity contribution in [2.45, 2.75) is 32.4 Å². The molecule has 2 aliphatic rings. The molecule has 3 atom stereocenters. The number of rotatable bonds is 5. The largest absolute Gasteiger partial charge is 0.454 e. The Kier molecular flexibility index (Phi) is 5.19. The average molecular weight is 416 g/mol. The molecule has 29 heavy (non-hydrogen) atoms. The van der Waals surface area contributed by atoms with E-state index >= 15 is 0 Å². The summed E-state index contributed by atoms with van der Waals surface area (Å²) >= 11 is 5.95. The summed E-state index contributed by atoms with van der Waals surface area (Å²) in [6.45, 7) is 1.22. The molecular formula is C20H18ClN3O5. The summed E-state index contributed by atoms with van der Waals surface area (Å²) in [4.78, 5) is 42.8. The van der Waals surface area contributed by atoms with Gasteiger partial charge in [0.15, 0.2) is 6.61 Å². The number of aromatic nitrogens is 2. The van der Waals surface area contributed by atoms with Crippen LogP contribution in [0.5, 0.6) is 0 Å². The number of carbonyl (C=O) groups excluding carboxylic acids is 3. The van der Waals surface area contributed by atoms with Crippen LogP contribution in [0.4, 0.5) is 0 Å². The van der Waals surface area contributed by atoms with Gasteiger partial charge >= 0.3 is 5.97 Å². The van der Waals surface area contributed by atoms with E-state index in [-0.39, 0.29) is 36.1 Å². The Labute approximate surface area is 171 Å². The van der Waals surface area contributed by atoms with Crippen LogP contribution in [-0.2, 0) is 25.7 Å². The van der Waals surface area contributed by atoms with Crippen molar-refractivity contribution in [1.82, 2.24) is 15.0 Å². The lowest BCUT2D eigenvalue weighted by atomic mass is 9.85. The monoisotopic (exact) mass is 415 g/mol. The fraction of sp³-hybridized carbons (Fsp3) is 0.350. The van der Waals surface area contributed by atoms with E-state index in [1.54, 1.807) is 24.3 Å². The minimum Gasteiger partial charge on any atom is -0.454 e. The lowest BCUT2D eigenvalue weighted by molar-refractivity contribution is -0.159. The number of fused-ring (bicyclic) bond motifs is 1. The minimum atomic E-state index is -1.02. The van der Waals surface area contributed by atoms with E-state index in [4.69, 9.17) is 20.9 Å². The van der Waals surface area contributed by atoms with Crippen molar-refractivity contribution in [3.8, 4) is 11.4 Å². The van der Waals surface area contributed by atoms with Crippen molar-refractivity contribution in [3.05, 3.63) is 47.3 Å².